The van der Waals surface area contributed by atoms with Crippen LogP contribution in [0, 0.1) is 5.82 Å². The number of nitrogens with zero attached hydrogens (tertiary/aromatic N) is 1. The van der Waals surface area contributed by atoms with Crippen molar-refractivity contribution in [3.63, 3.8) is 0 Å². The number of carbonyl (C=O) groups is 1. The van der Waals surface area contributed by atoms with E-state index in [1.165, 1.54) is 18.3 Å². The predicted octanol–water partition coefficient (Wildman–Crippen LogP) is 4.17. The number of pyridine rings is 1. The zero-order chi connectivity index (χ0) is 14.7. The maximum absolute atomic E-state index is 13.3. The van der Waals surface area contributed by atoms with Gasteiger partial charge in [-0.25, -0.2) is 18.2 Å². The number of anilines is 1. The number of alkyl halides is 2. The number of benzene rings is 1. The summed E-state index contributed by atoms with van der Waals surface area (Å²) in [6.45, 7) is 0. The van der Waals surface area contributed by atoms with E-state index in [-0.39, 0.29) is 21.4 Å². The number of aromatic nitrogens is 1. The molecule has 0 bridgehead atoms. The third-order valence-corrected chi connectivity index (χ3v) is 3.10. The highest BCUT2D eigenvalue weighted by Crippen LogP contribution is 2.21. The Balaban J connectivity index is 2.19. The molecule has 0 unspecified atom stereocenters. The molecule has 7 heteroatoms. The summed E-state index contributed by atoms with van der Waals surface area (Å²) >= 11 is 2.97. The first-order valence-electron chi connectivity index (χ1n) is 5.48. The Hall–Kier alpha value is -1.89. The summed E-state index contributed by atoms with van der Waals surface area (Å²) in [5, 5.41) is 2.33. The fourth-order valence-corrected chi connectivity index (χ4v) is 1.72. The molecule has 104 valence electrons. The van der Waals surface area contributed by atoms with E-state index < -0.39 is 18.1 Å². The van der Waals surface area contributed by atoms with Crippen LogP contribution in [0.15, 0.2) is 41.0 Å². The highest BCUT2D eigenvalue weighted by Gasteiger charge is 2.12. The molecule has 0 radical (unpaired) electrons. The van der Waals surface area contributed by atoms with Crippen molar-refractivity contribution in [3.8, 4) is 0 Å². The Morgan fingerprint density at radius 1 is 1.25 bits per heavy atom. The quantitative estimate of drug-likeness (QED) is 0.907. The number of hydrogen-bond acceptors (Lipinski definition) is 2. The van der Waals surface area contributed by atoms with Crippen LogP contribution in [0.4, 0.5) is 19.0 Å². The van der Waals surface area contributed by atoms with E-state index in [1.807, 2.05) is 0 Å². The highest BCUT2D eigenvalue weighted by atomic mass is 79.9. The number of amides is 1. The fourth-order valence-electron chi connectivity index (χ4n) is 1.48. The van der Waals surface area contributed by atoms with E-state index >= 15 is 0 Å². The van der Waals surface area contributed by atoms with Crippen molar-refractivity contribution in [2.45, 2.75) is 6.43 Å². The van der Waals surface area contributed by atoms with Gasteiger partial charge in [0.1, 0.15) is 11.6 Å². The summed E-state index contributed by atoms with van der Waals surface area (Å²) in [6, 6.07) is 6.04. The zero-order valence-electron chi connectivity index (χ0n) is 9.91. The molecule has 2 aromatic rings. The lowest BCUT2D eigenvalue weighted by atomic mass is 10.2. The van der Waals surface area contributed by atoms with Gasteiger partial charge in [0.05, 0.1) is 4.47 Å². The lowest BCUT2D eigenvalue weighted by Gasteiger charge is -2.06. The van der Waals surface area contributed by atoms with Gasteiger partial charge in [-0.2, -0.15) is 0 Å². The van der Waals surface area contributed by atoms with Gasteiger partial charge in [-0.15, -0.1) is 0 Å². The van der Waals surface area contributed by atoms with Gasteiger partial charge in [0, 0.05) is 17.3 Å². The SMILES string of the molecule is O=C(Nc1cc(C(F)F)ccn1)c1ccc(Br)c(F)c1. The normalized spacial score (nSPS) is 10.7. The predicted molar refractivity (Wildman–Crippen MR) is 71.2 cm³/mol. The van der Waals surface area contributed by atoms with Gasteiger partial charge in [-0.05, 0) is 46.3 Å². The Kier molecular flexibility index (Phi) is 4.39. The van der Waals surface area contributed by atoms with Crippen molar-refractivity contribution in [3.05, 3.63) is 57.9 Å². The van der Waals surface area contributed by atoms with Crippen LogP contribution in [-0.2, 0) is 0 Å². The first-order valence-corrected chi connectivity index (χ1v) is 6.27. The van der Waals surface area contributed by atoms with Crippen LogP contribution in [0.3, 0.4) is 0 Å². The molecule has 0 aliphatic rings. The molecule has 0 fully saturated rings. The maximum Gasteiger partial charge on any atom is 0.264 e. The van der Waals surface area contributed by atoms with Gasteiger partial charge in [0.25, 0.3) is 12.3 Å². The minimum atomic E-state index is -2.65. The Morgan fingerprint density at radius 2 is 2.00 bits per heavy atom. The van der Waals surface area contributed by atoms with Crippen LogP contribution in [0.25, 0.3) is 0 Å². The second-order valence-electron chi connectivity index (χ2n) is 3.86. The second-order valence-corrected chi connectivity index (χ2v) is 4.71. The Morgan fingerprint density at radius 3 is 2.65 bits per heavy atom. The molecule has 0 aliphatic carbocycles. The van der Waals surface area contributed by atoms with Crippen LogP contribution in [-0.4, -0.2) is 10.9 Å². The van der Waals surface area contributed by atoms with Gasteiger partial charge in [0.15, 0.2) is 0 Å². The number of carbonyl (C=O) groups excluding carboxylic acids is 1. The van der Waals surface area contributed by atoms with Crippen molar-refractivity contribution in [1.29, 1.82) is 0 Å². The number of halogens is 4. The molecule has 0 spiro atoms. The average molecular weight is 345 g/mol. The summed E-state index contributed by atoms with van der Waals surface area (Å²) in [7, 11) is 0. The average Bonchev–Trinajstić information content (AvgIpc) is 2.42. The molecular weight excluding hydrogens is 337 g/mol. The monoisotopic (exact) mass is 344 g/mol. The smallest absolute Gasteiger partial charge is 0.264 e. The third kappa shape index (κ3) is 3.36. The van der Waals surface area contributed by atoms with Crippen molar-refractivity contribution in [1.82, 2.24) is 4.98 Å². The molecular formula is C13H8BrF3N2O. The van der Waals surface area contributed by atoms with Gasteiger partial charge in [0.2, 0.25) is 0 Å². The Bertz CT molecular complexity index is 649. The molecule has 0 aliphatic heterocycles. The maximum atomic E-state index is 13.3. The molecule has 1 N–H and O–H groups in total. The molecule has 1 amide bonds. The minimum Gasteiger partial charge on any atom is -0.307 e. The Labute approximate surface area is 121 Å². The van der Waals surface area contributed by atoms with E-state index in [4.69, 9.17) is 0 Å². The molecule has 1 aromatic carbocycles. The fraction of sp³-hybridized carbons (Fsp3) is 0.0769. The second kappa shape index (κ2) is 6.04. The van der Waals surface area contributed by atoms with E-state index in [9.17, 15) is 18.0 Å². The summed E-state index contributed by atoms with van der Waals surface area (Å²) in [6.07, 6.45) is -1.49. The number of nitrogens with one attached hydrogen (secondary N) is 1. The summed E-state index contributed by atoms with van der Waals surface area (Å²) < 4.78 is 38.6. The van der Waals surface area contributed by atoms with Crippen molar-refractivity contribution in [2.75, 3.05) is 5.32 Å². The van der Waals surface area contributed by atoms with Crippen LogP contribution in [0.1, 0.15) is 22.3 Å². The molecule has 1 heterocycles. The highest BCUT2D eigenvalue weighted by molar-refractivity contribution is 9.10. The molecule has 1 aromatic heterocycles. The minimum absolute atomic E-state index is 0.0175. The molecule has 0 saturated carbocycles. The van der Waals surface area contributed by atoms with Crippen LogP contribution >= 0.6 is 15.9 Å². The van der Waals surface area contributed by atoms with Gasteiger partial charge in [-0.1, -0.05) is 0 Å². The van der Waals surface area contributed by atoms with Crippen LogP contribution < -0.4 is 5.32 Å². The molecule has 2 rings (SSSR count). The first kappa shape index (κ1) is 14.5. The topological polar surface area (TPSA) is 42.0 Å². The van der Waals surface area contributed by atoms with E-state index in [1.54, 1.807) is 0 Å². The summed E-state index contributed by atoms with van der Waals surface area (Å²) in [5.41, 5.74) is -0.188. The lowest BCUT2D eigenvalue weighted by Crippen LogP contribution is -2.13. The summed E-state index contributed by atoms with van der Waals surface area (Å²) in [4.78, 5) is 15.6. The summed E-state index contributed by atoms with van der Waals surface area (Å²) in [5.74, 6) is -1.24. The van der Waals surface area contributed by atoms with Gasteiger partial charge in [-0.3, -0.25) is 4.79 Å². The van der Waals surface area contributed by atoms with Crippen LogP contribution in [0.2, 0.25) is 0 Å². The van der Waals surface area contributed by atoms with E-state index in [0.717, 1.165) is 18.2 Å². The standard InChI is InChI=1S/C13H8BrF3N2O/c14-9-2-1-8(5-10(9)15)13(20)19-11-6-7(12(16)17)3-4-18-11/h1-6,12H,(H,18,19,20). The first-order chi connectivity index (χ1) is 9.47. The van der Waals surface area contributed by atoms with Crippen molar-refractivity contribution < 1.29 is 18.0 Å². The third-order valence-electron chi connectivity index (χ3n) is 2.46. The molecule has 20 heavy (non-hydrogen) atoms. The lowest BCUT2D eigenvalue weighted by molar-refractivity contribution is 0.102. The van der Waals surface area contributed by atoms with Crippen molar-refractivity contribution in [2.24, 2.45) is 0 Å². The van der Waals surface area contributed by atoms with Gasteiger partial charge >= 0.3 is 0 Å². The number of hydrogen-bond donors (Lipinski definition) is 1. The number of rotatable bonds is 3. The molecule has 3 nitrogen and oxygen atoms in total. The van der Waals surface area contributed by atoms with E-state index in [2.05, 4.69) is 26.2 Å². The molecule has 0 atom stereocenters. The van der Waals surface area contributed by atoms with E-state index in [0.29, 0.717) is 0 Å². The largest absolute Gasteiger partial charge is 0.307 e. The zero-order valence-corrected chi connectivity index (χ0v) is 11.5. The van der Waals surface area contributed by atoms with Gasteiger partial charge < -0.3 is 5.32 Å². The van der Waals surface area contributed by atoms with Crippen molar-refractivity contribution >= 4 is 27.7 Å². The van der Waals surface area contributed by atoms with Crippen LogP contribution in [0.5, 0.6) is 0 Å². The molecule has 0 saturated heterocycles.